The van der Waals surface area contributed by atoms with E-state index in [0.717, 1.165) is 6.42 Å². The maximum Gasteiger partial charge on any atom is 0.178 e. The molecular formula is C19H19FO. The average Bonchev–Trinajstić information content (AvgIpc) is 2.75. The Morgan fingerprint density at radius 2 is 1.95 bits per heavy atom. The molecule has 0 aromatic carbocycles. The minimum atomic E-state index is -0.704. The van der Waals surface area contributed by atoms with E-state index in [9.17, 15) is 9.18 Å². The van der Waals surface area contributed by atoms with E-state index in [2.05, 4.69) is 31.2 Å². The van der Waals surface area contributed by atoms with Gasteiger partial charge in [-0.3, -0.25) is 4.79 Å². The Labute approximate surface area is 125 Å². The van der Waals surface area contributed by atoms with E-state index < -0.39 is 5.83 Å². The van der Waals surface area contributed by atoms with Gasteiger partial charge in [0.1, 0.15) is 0 Å². The van der Waals surface area contributed by atoms with Crippen molar-refractivity contribution in [2.24, 2.45) is 0 Å². The predicted octanol–water partition coefficient (Wildman–Crippen LogP) is 5.28. The molecule has 2 rings (SSSR count). The van der Waals surface area contributed by atoms with Gasteiger partial charge in [0.25, 0.3) is 0 Å². The van der Waals surface area contributed by atoms with E-state index in [1.807, 2.05) is 24.3 Å². The van der Waals surface area contributed by atoms with Crippen molar-refractivity contribution in [3.63, 3.8) is 0 Å². The third kappa shape index (κ3) is 3.66. The van der Waals surface area contributed by atoms with Gasteiger partial charge < -0.3 is 0 Å². The number of rotatable bonds is 5. The molecule has 0 saturated heterocycles. The fourth-order valence-electron chi connectivity index (χ4n) is 2.42. The van der Waals surface area contributed by atoms with Crippen LogP contribution in [0.4, 0.5) is 4.39 Å². The molecule has 0 fully saturated rings. The van der Waals surface area contributed by atoms with Crippen molar-refractivity contribution >= 4 is 6.29 Å². The molecule has 0 aromatic heterocycles. The zero-order valence-corrected chi connectivity index (χ0v) is 12.3. The molecule has 0 N–H and O–H groups in total. The summed E-state index contributed by atoms with van der Waals surface area (Å²) in [5.41, 5.74) is 4.15. The van der Waals surface area contributed by atoms with Crippen LogP contribution >= 0.6 is 0 Å². The van der Waals surface area contributed by atoms with Crippen LogP contribution < -0.4 is 0 Å². The summed E-state index contributed by atoms with van der Waals surface area (Å²) in [4.78, 5) is 10.3. The molecule has 0 bridgehead atoms. The van der Waals surface area contributed by atoms with Crippen molar-refractivity contribution < 1.29 is 9.18 Å². The van der Waals surface area contributed by atoms with E-state index in [1.54, 1.807) is 13.0 Å². The van der Waals surface area contributed by atoms with E-state index in [4.69, 9.17) is 0 Å². The Kier molecular flexibility index (Phi) is 5.04. The van der Waals surface area contributed by atoms with Crippen molar-refractivity contribution in [3.05, 3.63) is 71.6 Å². The summed E-state index contributed by atoms with van der Waals surface area (Å²) in [7, 11) is 0. The first-order valence-electron chi connectivity index (χ1n) is 7.09. The lowest BCUT2D eigenvalue weighted by Crippen LogP contribution is -1.91. The summed E-state index contributed by atoms with van der Waals surface area (Å²) in [6.07, 6.45) is 4.64. The summed E-state index contributed by atoms with van der Waals surface area (Å²) in [6.45, 7) is 3.75. The van der Waals surface area contributed by atoms with Gasteiger partial charge in [-0.15, -0.1) is 0 Å². The van der Waals surface area contributed by atoms with Crippen molar-refractivity contribution in [1.29, 1.82) is 0 Å². The standard InChI is InChI=1S/C19H19FO/c1-14(7-6-8-15(2)19(20)13-21)17-12-11-16-9-4-3-5-10-18(16)17/h3-6,8-14H,7H2,1-2H3/b8-6+,19-15-. The van der Waals surface area contributed by atoms with Gasteiger partial charge in [-0.2, -0.15) is 0 Å². The highest BCUT2D eigenvalue weighted by atomic mass is 19.1. The summed E-state index contributed by atoms with van der Waals surface area (Å²) in [5, 5.41) is 0. The molecule has 0 radical (unpaired) electrons. The molecule has 0 amide bonds. The highest BCUT2D eigenvalue weighted by Gasteiger charge is 2.12. The van der Waals surface area contributed by atoms with Crippen LogP contribution in [0, 0.1) is 0 Å². The average molecular weight is 282 g/mol. The second kappa shape index (κ2) is 6.98. The number of carbonyl (C=O) groups is 1. The molecule has 0 spiro atoms. The zero-order valence-electron chi connectivity index (χ0n) is 12.3. The molecule has 108 valence electrons. The molecule has 21 heavy (non-hydrogen) atoms. The maximum absolute atomic E-state index is 13.0. The number of hydrogen-bond donors (Lipinski definition) is 0. The SMILES string of the molecule is CC(/C=C/CC(C)c1ccc2cccccc1-2)=C(/F)C=O. The topological polar surface area (TPSA) is 17.1 Å². The first-order chi connectivity index (χ1) is 10.1. The number of halogens is 1. The number of fused-ring (bicyclic) bond motifs is 1. The largest absolute Gasteiger partial charge is 0.295 e. The molecule has 2 aliphatic carbocycles. The summed E-state index contributed by atoms with van der Waals surface area (Å²) >= 11 is 0. The zero-order chi connectivity index (χ0) is 15.2. The number of aldehydes is 1. The van der Waals surface area contributed by atoms with E-state index in [-0.39, 0.29) is 6.29 Å². The van der Waals surface area contributed by atoms with Crippen LogP contribution in [0.5, 0.6) is 0 Å². The van der Waals surface area contributed by atoms with Gasteiger partial charge in [0.05, 0.1) is 0 Å². The minimum Gasteiger partial charge on any atom is -0.295 e. The van der Waals surface area contributed by atoms with Crippen molar-refractivity contribution in [2.75, 3.05) is 0 Å². The molecule has 0 aliphatic heterocycles. The first kappa shape index (κ1) is 15.2. The van der Waals surface area contributed by atoms with Crippen LogP contribution in [0.1, 0.15) is 31.7 Å². The second-order valence-corrected chi connectivity index (χ2v) is 5.26. The third-order valence-corrected chi connectivity index (χ3v) is 3.69. The van der Waals surface area contributed by atoms with E-state index in [1.165, 1.54) is 16.7 Å². The lowest BCUT2D eigenvalue weighted by atomic mass is 9.95. The highest BCUT2D eigenvalue weighted by Crippen LogP contribution is 2.33. The molecule has 2 heteroatoms. The van der Waals surface area contributed by atoms with Gasteiger partial charge >= 0.3 is 0 Å². The smallest absolute Gasteiger partial charge is 0.178 e. The fraction of sp³-hybridized carbons (Fsp3) is 0.211. The molecule has 2 aliphatic rings. The highest BCUT2D eigenvalue weighted by molar-refractivity contribution is 5.72. The van der Waals surface area contributed by atoms with Gasteiger partial charge in [-0.25, -0.2) is 4.39 Å². The van der Waals surface area contributed by atoms with E-state index >= 15 is 0 Å². The van der Waals surface area contributed by atoms with Gasteiger partial charge in [0.15, 0.2) is 12.1 Å². The Morgan fingerprint density at radius 3 is 2.71 bits per heavy atom. The number of hydrogen-bond acceptors (Lipinski definition) is 1. The minimum absolute atomic E-state index is 0.244. The summed E-state index contributed by atoms with van der Waals surface area (Å²) < 4.78 is 13.0. The van der Waals surface area contributed by atoms with E-state index in [0.29, 0.717) is 11.5 Å². The van der Waals surface area contributed by atoms with Gasteiger partial charge in [-0.05, 0) is 41.5 Å². The molecule has 0 saturated carbocycles. The second-order valence-electron chi connectivity index (χ2n) is 5.26. The normalized spacial score (nSPS) is 14.2. The van der Waals surface area contributed by atoms with Crippen molar-refractivity contribution in [1.82, 2.24) is 0 Å². The Balaban J connectivity index is 2.13. The van der Waals surface area contributed by atoms with Crippen LogP contribution in [0.2, 0.25) is 0 Å². The summed E-state index contributed by atoms with van der Waals surface area (Å²) in [6, 6.07) is 14.6. The molecule has 1 nitrogen and oxygen atoms in total. The van der Waals surface area contributed by atoms with Crippen LogP contribution in [-0.2, 0) is 4.79 Å². The number of carbonyl (C=O) groups excluding carboxylic acids is 1. The van der Waals surface area contributed by atoms with Gasteiger partial charge in [0, 0.05) is 0 Å². The Bertz CT molecular complexity index is 654. The lowest BCUT2D eigenvalue weighted by Gasteiger charge is -2.09. The predicted molar refractivity (Wildman–Crippen MR) is 85.1 cm³/mol. The van der Waals surface area contributed by atoms with Crippen molar-refractivity contribution in [2.45, 2.75) is 26.2 Å². The first-order valence-corrected chi connectivity index (χ1v) is 7.09. The maximum atomic E-state index is 13.0. The quantitative estimate of drug-likeness (QED) is 0.414. The Hall–Kier alpha value is -2.22. The fourth-order valence-corrected chi connectivity index (χ4v) is 2.42. The van der Waals surface area contributed by atoms with Crippen LogP contribution in [-0.4, -0.2) is 6.29 Å². The summed E-state index contributed by atoms with van der Waals surface area (Å²) in [5.74, 6) is -0.363. The van der Waals surface area contributed by atoms with Crippen LogP contribution in [0.15, 0.2) is 66.0 Å². The van der Waals surface area contributed by atoms with Crippen molar-refractivity contribution in [3.8, 4) is 11.1 Å². The van der Waals surface area contributed by atoms with Crippen LogP contribution in [0.3, 0.4) is 0 Å². The Morgan fingerprint density at radius 1 is 1.19 bits per heavy atom. The molecule has 1 atom stereocenters. The molecule has 0 aromatic rings. The molecular weight excluding hydrogens is 263 g/mol. The monoisotopic (exact) mass is 282 g/mol. The molecule has 0 heterocycles. The third-order valence-electron chi connectivity index (χ3n) is 3.69. The molecule has 1 unspecified atom stereocenters. The lowest BCUT2D eigenvalue weighted by molar-refractivity contribution is -0.106. The van der Waals surface area contributed by atoms with Gasteiger partial charge in [-0.1, -0.05) is 61.5 Å². The van der Waals surface area contributed by atoms with Gasteiger partial charge in [0.2, 0.25) is 0 Å². The number of allylic oxidation sites excluding steroid dienone is 4. The van der Waals surface area contributed by atoms with Crippen LogP contribution in [0.25, 0.3) is 11.1 Å².